The largest absolute Gasteiger partial charge is 0.399 e. The third-order valence-corrected chi connectivity index (χ3v) is 4.14. The van der Waals surface area contributed by atoms with Crippen molar-refractivity contribution in [1.29, 1.82) is 5.26 Å². The first kappa shape index (κ1) is 17.1. The van der Waals surface area contributed by atoms with Crippen LogP contribution in [0, 0.1) is 39.0 Å². The van der Waals surface area contributed by atoms with Gasteiger partial charge in [0.25, 0.3) is 0 Å². The van der Waals surface area contributed by atoms with Gasteiger partial charge in [0.2, 0.25) is 0 Å². The number of nitrogens with two attached hydrogens (primary N) is 2. The standard InChI is InChI=1S/C9H10N2.C8H10BrN/c1-6-4-9(11)7(2)3-8(6)5-10;1-5-4-8(10)6(2)3-7(5)9/h3-4H,11H2,1-2H3;3-4H,10H2,1-2H3. The predicted octanol–water partition coefficient (Wildman–Crippen LogP) is 4.41. The monoisotopic (exact) mass is 345 g/mol. The Morgan fingerprint density at radius 3 is 1.76 bits per heavy atom. The Hall–Kier alpha value is -1.99. The van der Waals surface area contributed by atoms with Crippen LogP contribution in [0.1, 0.15) is 27.8 Å². The Morgan fingerprint density at radius 2 is 1.29 bits per heavy atom. The van der Waals surface area contributed by atoms with E-state index in [9.17, 15) is 0 Å². The highest BCUT2D eigenvalue weighted by molar-refractivity contribution is 9.10. The normalized spacial score (nSPS) is 9.52. The minimum Gasteiger partial charge on any atom is -0.399 e. The number of hydrogen-bond donors (Lipinski definition) is 2. The number of aryl methyl sites for hydroxylation is 4. The smallest absolute Gasteiger partial charge is 0.0994 e. The third-order valence-electron chi connectivity index (χ3n) is 3.28. The Bertz CT molecular complexity index is 650. The van der Waals surface area contributed by atoms with Crippen molar-refractivity contribution in [2.24, 2.45) is 0 Å². The molecule has 4 heteroatoms. The van der Waals surface area contributed by atoms with E-state index in [1.165, 1.54) is 5.56 Å². The van der Waals surface area contributed by atoms with Gasteiger partial charge in [0.05, 0.1) is 11.6 Å². The van der Waals surface area contributed by atoms with Gasteiger partial charge in [0, 0.05) is 15.8 Å². The van der Waals surface area contributed by atoms with Crippen molar-refractivity contribution in [2.75, 3.05) is 11.5 Å². The molecule has 2 aromatic rings. The summed E-state index contributed by atoms with van der Waals surface area (Å²) in [4.78, 5) is 0. The molecule has 0 radical (unpaired) electrons. The van der Waals surface area contributed by atoms with Crippen molar-refractivity contribution in [3.63, 3.8) is 0 Å². The first-order valence-corrected chi connectivity index (χ1v) is 7.34. The number of benzene rings is 2. The van der Waals surface area contributed by atoms with Gasteiger partial charge in [-0.2, -0.15) is 5.26 Å². The van der Waals surface area contributed by atoms with Crippen LogP contribution >= 0.6 is 15.9 Å². The van der Waals surface area contributed by atoms with Crippen molar-refractivity contribution in [3.05, 3.63) is 56.6 Å². The lowest BCUT2D eigenvalue weighted by Gasteiger charge is -2.02. The molecule has 0 saturated carbocycles. The second kappa shape index (κ2) is 7.14. The molecular formula is C17H20BrN3. The Morgan fingerprint density at radius 1 is 0.810 bits per heavy atom. The fourth-order valence-electron chi connectivity index (χ4n) is 1.76. The van der Waals surface area contributed by atoms with E-state index < -0.39 is 0 Å². The molecule has 0 unspecified atom stereocenters. The van der Waals surface area contributed by atoms with Gasteiger partial charge in [-0.05, 0) is 74.2 Å². The highest BCUT2D eigenvalue weighted by Crippen LogP contribution is 2.21. The van der Waals surface area contributed by atoms with Crippen LogP contribution < -0.4 is 11.5 Å². The van der Waals surface area contributed by atoms with E-state index in [0.29, 0.717) is 5.56 Å². The number of hydrogen-bond acceptors (Lipinski definition) is 3. The van der Waals surface area contributed by atoms with Crippen LogP contribution in [0.2, 0.25) is 0 Å². The van der Waals surface area contributed by atoms with Gasteiger partial charge in [-0.15, -0.1) is 0 Å². The highest BCUT2D eigenvalue weighted by Gasteiger charge is 1.99. The molecule has 0 aliphatic carbocycles. The molecule has 0 bridgehead atoms. The number of halogens is 1. The molecule has 3 nitrogen and oxygen atoms in total. The summed E-state index contributed by atoms with van der Waals surface area (Å²) in [5.41, 5.74) is 17.8. The first-order valence-electron chi connectivity index (χ1n) is 6.55. The van der Waals surface area contributed by atoms with Gasteiger partial charge >= 0.3 is 0 Å². The Labute approximate surface area is 134 Å². The van der Waals surface area contributed by atoms with Crippen molar-refractivity contribution in [2.45, 2.75) is 27.7 Å². The zero-order valence-corrected chi connectivity index (χ0v) is 14.4. The average Bonchev–Trinajstić information content (AvgIpc) is 2.41. The van der Waals surface area contributed by atoms with Gasteiger partial charge < -0.3 is 11.5 Å². The van der Waals surface area contributed by atoms with Crippen LogP contribution in [-0.4, -0.2) is 0 Å². The minimum absolute atomic E-state index is 0.705. The van der Waals surface area contributed by atoms with Crippen molar-refractivity contribution in [3.8, 4) is 6.07 Å². The zero-order chi connectivity index (χ0) is 16.2. The molecule has 0 aliphatic heterocycles. The topological polar surface area (TPSA) is 75.8 Å². The summed E-state index contributed by atoms with van der Waals surface area (Å²) in [6, 6.07) is 9.75. The third kappa shape index (κ3) is 4.51. The van der Waals surface area contributed by atoms with Crippen LogP contribution in [0.3, 0.4) is 0 Å². The number of nitrogen functional groups attached to an aromatic ring is 2. The van der Waals surface area contributed by atoms with Crippen molar-refractivity contribution in [1.82, 2.24) is 0 Å². The van der Waals surface area contributed by atoms with Crippen LogP contribution in [0.15, 0.2) is 28.7 Å². The van der Waals surface area contributed by atoms with Crippen LogP contribution in [-0.2, 0) is 0 Å². The van der Waals surface area contributed by atoms with Crippen LogP contribution in [0.5, 0.6) is 0 Å². The quantitative estimate of drug-likeness (QED) is 0.694. The van der Waals surface area contributed by atoms with E-state index in [1.54, 1.807) is 0 Å². The molecular weight excluding hydrogens is 326 g/mol. The average molecular weight is 346 g/mol. The summed E-state index contributed by atoms with van der Waals surface area (Å²) in [6.45, 7) is 7.81. The van der Waals surface area contributed by atoms with Crippen LogP contribution in [0.25, 0.3) is 0 Å². The number of rotatable bonds is 0. The maximum absolute atomic E-state index is 8.64. The highest BCUT2D eigenvalue weighted by atomic mass is 79.9. The molecule has 0 saturated heterocycles. The fourth-order valence-corrected chi connectivity index (χ4v) is 2.22. The molecule has 0 aliphatic rings. The van der Waals surface area contributed by atoms with E-state index in [1.807, 2.05) is 52.0 Å². The second-order valence-corrected chi connectivity index (χ2v) is 5.95. The Kier molecular flexibility index (Phi) is 5.80. The summed E-state index contributed by atoms with van der Waals surface area (Å²) in [5.74, 6) is 0. The van der Waals surface area contributed by atoms with Gasteiger partial charge in [-0.3, -0.25) is 0 Å². The Balaban J connectivity index is 0.000000211. The van der Waals surface area contributed by atoms with E-state index in [4.69, 9.17) is 16.7 Å². The fraction of sp³-hybridized carbons (Fsp3) is 0.235. The SMILES string of the molecule is Cc1cc(Br)c(C)cc1N.Cc1cc(C#N)c(C)cc1N. The van der Waals surface area contributed by atoms with Gasteiger partial charge in [-0.25, -0.2) is 0 Å². The molecule has 110 valence electrons. The van der Waals surface area contributed by atoms with E-state index in [-0.39, 0.29) is 0 Å². The van der Waals surface area contributed by atoms with E-state index in [2.05, 4.69) is 22.0 Å². The summed E-state index contributed by atoms with van der Waals surface area (Å²) in [6.07, 6.45) is 0. The number of nitriles is 1. The maximum Gasteiger partial charge on any atom is 0.0994 e. The lowest BCUT2D eigenvalue weighted by molar-refractivity contribution is 1.35. The lowest BCUT2D eigenvalue weighted by atomic mass is 10.1. The number of anilines is 2. The molecule has 21 heavy (non-hydrogen) atoms. The maximum atomic E-state index is 8.64. The van der Waals surface area contributed by atoms with Gasteiger partial charge in [0.1, 0.15) is 0 Å². The summed E-state index contributed by atoms with van der Waals surface area (Å²) in [7, 11) is 0. The molecule has 0 fully saturated rings. The number of nitrogens with zero attached hydrogens (tertiary/aromatic N) is 1. The predicted molar refractivity (Wildman–Crippen MR) is 93.1 cm³/mol. The molecule has 2 aromatic carbocycles. The van der Waals surface area contributed by atoms with Gasteiger partial charge in [-0.1, -0.05) is 15.9 Å². The lowest BCUT2D eigenvalue weighted by Crippen LogP contribution is -1.92. The van der Waals surface area contributed by atoms with Crippen molar-refractivity contribution < 1.29 is 0 Å². The van der Waals surface area contributed by atoms with Gasteiger partial charge in [0.15, 0.2) is 0 Å². The molecule has 0 amide bonds. The minimum atomic E-state index is 0.705. The second-order valence-electron chi connectivity index (χ2n) is 5.09. The molecule has 0 heterocycles. The summed E-state index contributed by atoms with van der Waals surface area (Å²) < 4.78 is 1.12. The van der Waals surface area contributed by atoms with Crippen LogP contribution in [0.4, 0.5) is 11.4 Å². The van der Waals surface area contributed by atoms with E-state index >= 15 is 0 Å². The molecule has 0 atom stereocenters. The summed E-state index contributed by atoms with van der Waals surface area (Å²) in [5, 5.41) is 8.64. The molecule has 0 spiro atoms. The summed E-state index contributed by atoms with van der Waals surface area (Å²) >= 11 is 3.42. The molecule has 4 N–H and O–H groups in total. The van der Waals surface area contributed by atoms with E-state index in [0.717, 1.165) is 32.5 Å². The molecule has 0 aromatic heterocycles. The zero-order valence-electron chi connectivity index (χ0n) is 12.8. The van der Waals surface area contributed by atoms with Crippen molar-refractivity contribution >= 4 is 27.3 Å². The first-order chi connectivity index (χ1) is 9.76. The molecule has 2 rings (SSSR count).